The molecular weight excluding hydrogens is 817 g/mol. The van der Waals surface area contributed by atoms with Gasteiger partial charge in [0.2, 0.25) is 11.8 Å². The van der Waals surface area contributed by atoms with E-state index in [0.29, 0.717) is 31.3 Å². The highest BCUT2D eigenvalue weighted by Gasteiger charge is 2.51. The van der Waals surface area contributed by atoms with Gasteiger partial charge >= 0.3 is 0 Å². The summed E-state index contributed by atoms with van der Waals surface area (Å²) >= 11 is 0. The normalized spacial score (nSPS) is 20.6. The second-order valence-corrected chi connectivity index (χ2v) is 16.5. The smallest absolute Gasteiger partial charge is 0.244 e. The molecule has 2 aliphatic heterocycles. The van der Waals surface area contributed by atoms with E-state index in [9.17, 15) is 0 Å². The minimum absolute atomic E-state index is 0.238. The topological polar surface area (TPSA) is 140 Å². The number of hydrogen-bond acceptors (Lipinski definition) is 11. The van der Waals surface area contributed by atoms with Crippen molar-refractivity contribution in [2.45, 2.75) is 25.2 Å². The minimum atomic E-state index is -0.799. The second-order valence-electron chi connectivity index (χ2n) is 16.5. The van der Waals surface area contributed by atoms with Crippen LogP contribution in [0.3, 0.4) is 0 Å². The van der Waals surface area contributed by atoms with E-state index >= 15 is 0 Å². The Morgan fingerprint density at radius 2 is 1.14 bits per heavy atom. The summed E-state index contributed by atoms with van der Waals surface area (Å²) in [6.45, 7) is 3.58. The lowest BCUT2D eigenvalue weighted by Crippen LogP contribution is -2.40. The van der Waals surface area contributed by atoms with Crippen molar-refractivity contribution in [3.8, 4) is 0 Å². The molecule has 0 spiro atoms. The Bertz CT molecular complexity index is 3160. The fourth-order valence-electron chi connectivity index (χ4n) is 9.87. The average molecular weight is 861 g/mol. The molecule has 4 aliphatic rings. The molecule has 11 nitrogen and oxygen atoms in total. The highest BCUT2D eigenvalue weighted by molar-refractivity contribution is 6.07. The fraction of sp³-hybridized carbons (Fsp3) is 0.127. The summed E-state index contributed by atoms with van der Waals surface area (Å²) in [6.07, 6.45) is 26.3. The summed E-state index contributed by atoms with van der Waals surface area (Å²) in [5.74, 6) is 0.0926. The second kappa shape index (κ2) is 17.6. The first-order valence-corrected chi connectivity index (χ1v) is 22.1. The van der Waals surface area contributed by atoms with Crippen molar-refractivity contribution in [3.63, 3.8) is 0 Å². The molecule has 3 unspecified atom stereocenters. The molecule has 11 rings (SSSR count). The first-order chi connectivity index (χ1) is 32.7. The number of hydrogen-bond donors (Lipinski definition) is 2. The number of allylic oxidation sites excluding steroid dienone is 11. The molecule has 7 aromatic rings. The number of aromatic nitrogens is 8. The zero-order valence-electron chi connectivity index (χ0n) is 36.2. The number of rotatable bonds is 10. The van der Waals surface area contributed by atoms with Crippen LogP contribution in [-0.2, 0) is 0 Å². The molecule has 3 atom stereocenters. The summed E-state index contributed by atoms with van der Waals surface area (Å²) in [4.78, 5) is 30.0. The van der Waals surface area contributed by atoms with E-state index in [4.69, 9.17) is 44.5 Å². The molecule has 0 aromatic carbocycles. The molecule has 0 bridgehead atoms. The Labute approximate surface area is 382 Å². The van der Waals surface area contributed by atoms with Gasteiger partial charge in [0, 0.05) is 118 Å². The molecular formula is C55H44N10O. The van der Waals surface area contributed by atoms with Gasteiger partial charge in [-0.3, -0.25) is 29.9 Å². The maximum Gasteiger partial charge on any atom is 0.244 e. The van der Waals surface area contributed by atoms with E-state index in [1.54, 1.807) is 0 Å². The van der Waals surface area contributed by atoms with Crippen LogP contribution < -0.4 is 10.6 Å². The van der Waals surface area contributed by atoms with Gasteiger partial charge in [-0.25, -0.2) is 0 Å². The van der Waals surface area contributed by atoms with Crippen molar-refractivity contribution in [1.82, 2.24) is 50.7 Å². The van der Waals surface area contributed by atoms with Crippen molar-refractivity contribution in [3.05, 3.63) is 252 Å². The van der Waals surface area contributed by atoms with Gasteiger partial charge in [-0.05, 0) is 116 Å². The van der Waals surface area contributed by atoms with E-state index in [2.05, 4.69) is 84.4 Å². The van der Waals surface area contributed by atoms with Crippen molar-refractivity contribution in [2.24, 2.45) is 5.41 Å². The predicted octanol–water partition coefficient (Wildman–Crippen LogP) is 9.88. The molecule has 0 saturated carbocycles. The van der Waals surface area contributed by atoms with E-state index in [-0.39, 0.29) is 5.92 Å². The highest BCUT2D eigenvalue weighted by atomic mass is 16.4. The molecule has 2 N–H and O–H groups in total. The Hall–Kier alpha value is -8.44. The van der Waals surface area contributed by atoms with Gasteiger partial charge < -0.3 is 15.1 Å². The third-order valence-corrected chi connectivity index (χ3v) is 12.7. The summed E-state index contributed by atoms with van der Waals surface area (Å²) in [5.41, 5.74) is 12.5. The van der Waals surface area contributed by atoms with Crippen LogP contribution in [0, 0.1) is 5.41 Å². The lowest BCUT2D eigenvalue weighted by molar-refractivity contribution is 0.430. The van der Waals surface area contributed by atoms with Gasteiger partial charge in [0.05, 0.1) is 22.8 Å². The maximum atomic E-state index is 7.20. The standard InChI is InChI=1S/C55H44N10O/c1-55(47-25-9-17-33-63-47)51(45-23-7-15-31-61-45)37(41-19-3-11-27-57-41)35-39(52(55)46-24-8-16-32-62-46)54-65-64-53(66-54)38-34-36(40-18-2-10-26-56-40)48(42-20-4-12-28-58-42)50(44-22-6-14-30-60-44)49(38)43-21-5-13-29-59-43/h2-29,31-32,35-36,52,60,63H,30,33-34H2,1H3. The van der Waals surface area contributed by atoms with Crippen LogP contribution in [0.5, 0.6) is 0 Å². The van der Waals surface area contributed by atoms with Crippen LogP contribution in [0.1, 0.15) is 71.1 Å². The zero-order chi connectivity index (χ0) is 44.3. The van der Waals surface area contributed by atoms with Crippen molar-refractivity contribution < 1.29 is 4.42 Å². The summed E-state index contributed by atoms with van der Waals surface area (Å²) in [5, 5.41) is 17.4. The van der Waals surface area contributed by atoms with E-state index < -0.39 is 11.3 Å². The van der Waals surface area contributed by atoms with Gasteiger partial charge in [-0.15, -0.1) is 10.2 Å². The molecule has 0 fully saturated rings. The Balaban J connectivity index is 1.20. The number of nitrogens with one attached hydrogen (secondary N) is 2. The maximum absolute atomic E-state index is 7.20. The SMILES string of the molecule is CC1(C2=CC=CCN2)C(c2ccccn2)=C(c2ccccn2)C=C(c2nnc(C3=C(c4ccccn4)C(C4=CC=CCN4)=C(c4ccccn4)C(c4ccccn4)C3)o2)C1c1ccccn1. The highest BCUT2D eigenvalue weighted by Crippen LogP contribution is 2.61. The molecule has 320 valence electrons. The van der Waals surface area contributed by atoms with Gasteiger partial charge in [-0.2, -0.15) is 0 Å². The molecule has 2 aliphatic carbocycles. The van der Waals surface area contributed by atoms with Crippen LogP contribution >= 0.6 is 0 Å². The third kappa shape index (κ3) is 7.30. The van der Waals surface area contributed by atoms with E-state index in [0.717, 1.165) is 84.6 Å². The monoisotopic (exact) mass is 860 g/mol. The van der Waals surface area contributed by atoms with Crippen LogP contribution in [0.2, 0.25) is 0 Å². The van der Waals surface area contributed by atoms with Crippen LogP contribution in [0.15, 0.2) is 210 Å². The van der Waals surface area contributed by atoms with Crippen molar-refractivity contribution >= 4 is 33.4 Å². The largest absolute Gasteiger partial charge is 0.417 e. The Kier molecular flexibility index (Phi) is 10.8. The summed E-state index contributed by atoms with van der Waals surface area (Å²) in [6, 6.07) is 36.1. The van der Waals surface area contributed by atoms with Gasteiger partial charge in [0.25, 0.3) is 0 Å². The molecule has 0 radical (unpaired) electrons. The lowest BCUT2D eigenvalue weighted by atomic mass is 9.59. The van der Waals surface area contributed by atoms with Crippen LogP contribution in [0.4, 0.5) is 0 Å². The minimum Gasteiger partial charge on any atom is -0.417 e. The third-order valence-electron chi connectivity index (χ3n) is 12.7. The Morgan fingerprint density at radius 3 is 1.73 bits per heavy atom. The first kappa shape index (κ1) is 40.3. The zero-order valence-corrected chi connectivity index (χ0v) is 36.2. The molecule has 0 amide bonds. The van der Waals surface area contributed by atoms with Crippen LogP contribution in [-0.4, -0.2) is 53.2 Å². The molecule has 7 aromatic heterocycles. The van der Waals surface area contributed by atoms with E-state index in [1.807, 2.05) is 122 Å². The van der Waals surface area contributed by atoms with Crippen molar-refractivity contribution in [1.29, 1.82) is 0 Å². The number of dihydropyridines is 2. The Morgan fingerprint density at radius 1 is 0.561 bits per heavy atom. The van der Waals surface area contributed by atoms with Crippen molar-refractivity contribution in [2.75, 3.05) is 13.1 Å². The van der Waals surface area contributed by atoms with Gasteiger partial charge in [0.1, 0.15) is 0 Å². The molecule has 0 saturated heterocycles. The quantitative estimate of drug-likeness (QED) is 0.136. The molecule has 11 heteroatoms. The van der Waals surface area contributed by atoms with E-state index in [1.165, 1.54) is 0 Å². The van der Waals surface area contributed by atoms with Crippen LogP contribution in [0.25, 0.3) is 33.4 Å². The predicted molar refractivity (Wildman–Crippen MR) is 257 cm³/mol. The summed E-state index contributed by atoms with van der Waals surface area (Å²) in [7, 11) is 0. The number of nitrogens with zero attached hydrogens (tertiary/aromatic N) is 8. The lowest BCUT2D eigenvalue weighted by Gasteiger charge is -2.45. The average Bonchev–Trinajstić information content (AvgIpc) is 3.90. The number of pyridine rings is 6. The summed E-state index contributed by atoms with van der Waals surface area (Å²) < 4.78 is 7.20. The van der Waals surface area contributed by atoms with Gasteiger partial charge in [-0.1, -0.05) is 60.7 Å². The fourth-order valence-corrected chi connectivity index (χ4v) is 9.87. The molecule has 9 heterocycles. The van der Waals surface area contributed by atoms with Gasteiger partial charge in [0.15, 0.2) is 0 Å². The molecule has 66 heavy (non-hydrogen) atoms. The first-order valence-electron chi connectivity index (χ1n) is 22.1.